The zero-order chi connectivity index (χ0) is 17.8. The van der Waals surface area contributed by atoms with Gasteiger partial charge >= 0.3 is 0 Å². The molecule has 0 spiro atoms. The lowest BCUT2D eigenvalue weighted by atomic mass is 10.1. The Morgan fingerprint density at radius 3 is 2.36 bits per heavy atom. The molecule has 1 fully saturated rings. The van der Waals surface area contributed by atoms with Gasteiger partial charge in [0, 0.05) is 48.0 Å². The topological polar surface area (TPSA) is 52.6 Å². The molecule has 1 saturated heterocycles. The number of nitrogens with zero attached hydrogens (tertiary/aromatic N) is 2. The molecule has 0 saturated carbocycles. The fourth-order valence-electron chi connectivity index (χ4n) is 2.76. The maximum atomic E-state index is 12.6. The Morgan fingerprint density at radius 2 is 1.64 bits per heavy atom. The molecule has 3 rings (SSSR count). The number of benzene rings is 2. The van der Waals surface area contributed by atoms with Crippen LogP contribution in [-0.4, -0.2) is 54.8 Å². The van der Waals surface area contributed by atoms with E-state index in [1.165, 1.54) is 0 Å². The lowest BCUT2D eigenvalue weighted by Crippen LogP contribution is -2.47. The quantitative estimate of drug-likeness (QED) is 0.918. The predicted molar refractivity (Wildman–Crippen MR) is 99.2 cm³/mol. The Morgan fingerprint density at radius 1 is 0.960 bits per heavy atom. The summed E-state index contributed by atoms with van der Waals surface area (Å²) < 4.78 is 0. The Balaban J connectivity index is 1.71. The third-order valence-corrected chi connectivity index (χ3v) is 4.48. The van der Waals surface area contributed by atoms with Gasteiger partial charge in [0.1, 0.15) is 0 Å². The number of carbonyl (C=O) groups excluding carboxylic acids is 2. The Labute approximate surface area is 152 Å². The molecule has 0 aliphatic carbocycles. The molecule has 2 aromatic carbocycles. The number of piperazine rings is 1. The van der Waals surface area contributed by atoms with Gasteiger partial charge in [-0.1, -0.05) is 23.7 Å². The minimum absolute atomic E-state index is 0.00745. The molecule has 0 unspecified atom stereocenters. The van der Waals surface area contributed by atoms with Crippen LogP contribution < -0.4 is 5.32 Å². The second-order valence-electron chi connectivity index (χ2n) is 6.14. The number of halogens is 1. The summed E-state index contributed by atoms with van der Waals surface area (Å²) >= 11 is 5.92. The Bertz CT molecular complexity index is 786. The number of hydrogen-bond donors (Lipinski definition) is 1. The molecule has 0 atom stereocenters. The maximum absolute atomic E-state index is 12.6. The van der Waals surface area contributed by atoms with E-state index in [9.17, 15) is 9.59 Å². The molecule has 5 nitrogen and oxygen atoms in total. The molecular formula is C19H20ClN3O2. The van der Waals surface area contributed by atoms with Crippen molar-refractivity contribution < 1.29 is 9.59 Å². The van der Waals surface area contributed by atoms with E-state index in [4.69, 9.17) is 11.6 Å². The molecule has 2 amide bonds. The molecular weight excluding hydrogens is 338 g/mol. The second-order valence-corrected chi connectivity index (χ2v) is 6.58. The molecule has 1 aliphatic rings. The highest BCUT2D eigenvalue weighted by molar-refractivity contribution is 6.31. The normalized spacial score (nSPS) is 15.0. The van der Waals surface area contributed by atoms with Crippen LogP contribution in [0.2, 0.25) is 5.02 Å². The molecule has 0 radical (unpaired) electrons. The van der Waals surface area contributed by atoms with Gasteiger partial charge in [-0.15, -0.1) is 0 Å². The summed E-state index contributed by atoms with van der Waals surface area (Å²) in [4.78, 5) is 29.0. The fraction of sp³-hybridized carbons (Fsp3) is 0.263. The van der Waals surface area contributed by atoms with Crippen LogP contribution in [0.4, 0.5) is 5.69 Å². The number of rotatable bonds is 3. The number of carbonyl (C=O) groups is 2. The van der Waals surface area contributed by atoms with Crippen molar-refractivity contribution in [3.63, 3.8) is 0 Å². The number of amides is 2. The highest BCUT2D eigenvalue weighted by atomic mass is 35.5. The van der Waals surface area contributed by atoms with E-state index in [-0.39, 0.29) is 11.8 Å². The van der Waals surface area contributed by atoms with Crippen LogP contribution in [0.5, 0.6) is 0 Å². The van der Waals surface area contributed by atoms with Gasteiger partial charge in [-0.25, -0.2) is 0 Å². The average molecular weight is 358 g/mol. The second kappa shape index (κ2) is 7.68. The summed E-state index contributed by atoms with van der Waals surface area (Å²) in [6, 6.07) is 13.8. The molecule has 130 valence electrons. The van der Waals surface area contributed by atoms with E-state index in [2.05, 4.69) is 10.2 Å². The average Bonchev–Trinajstić information content (AvgIpc) is 2.62. The fourth-order valence-corrected chi connectivity index (χ4v) is 2.95. The largest absolute Gasteiger partial charge is 0.336 e. The zero-order valence-electron chi connectivity index (χ0n) is 14.0. The van der Waals surface area contributed by atoms with Crippen molar-refractivity contribution in [2.45, 2.75) is 0 Å². The van der Waals surface area contributed by atoms with E-state index in [1.54, 1.807) is 48.5 Å². The van der Waals surface area contributed by atoms with Crippen LogP contribution in [0, 0.1) is 0 Å². The number of hydrogen-bond acceptors (Lipinski definition) is 3. The number of likely N-dealkylation sites (N-methyl/N-ethyl adjacent to an activating group) is 1. The highest BCUT2D eigenvalue weighted by Crippen LogP contribution is 2.16. The minimum Gasteiger partial charge on any atom is -0.336 e. The molecule has 0 bridgehead atoms. The van der Waals surface area contributed by atoms with E-state index in [0.717, 1.165) is 13.1 Å². The summed E-state index contributed by atoms with van der Waals surface area (Å²) in [7, 11) is 2.05. The third kappa shape index (κ3) is 4.38. The van der Waals surface area contributed by atoms with Crippen LogP contribution in [0.3, 0.4) is 0 Å². The van der Waals surface area contributed by atoms with Gasteiger partial charge < -0.3 is 15.1 Å². The van der Waals surface area contributed by atoms with Crippen molar-refractivity contribution in [2.75, 3.05) is 38.5 Å². The first kappa shape index (κ1) is 17.5. The van der Waals surface area contributed by atoms with E-state index >= 15 is 0 Å². The van der Waals surface area contributed by atoms with Crippen LogP contribution in [0.15, 0.2) is 48.5 Å². The van der Waals surface area contributed by atoms with Crippen molar-refractivity contribution in [3.8, 4) is 0 Å². The van der Waals surface area contributed by atoms with Gasteiger partial charge in [-0.05, 0) is 43.4 Å². The van der Waals surface area contributed by atoms with Crippen LogP contribution >= 0.6 is 11.6 Å². The van der Waals surface area contributed by atoms with Gasteiger partial charge in [-0.3, -0.25) is 9.59 Å². The SMILES string of the molecule is CN1CCN(C(=O)c2cccc(NC(=O)c3cccc(Cl)c3)c2)CC1. The van der Waals surface area contributed by atoms with Gasteiger partial charge in [-0.2, -0.15) is 0 Å². The van der Waals surface area contributed by atoms with E-state index in [0.29, 0.717) is 34.9 Å². The smallest absolute Gasteiger partial charge is 0.255 e. The Kier molecular flexibility index (Phi) is 5.36. The van der Waals surface area contributed by atoms with Gasteiger partial charge in [0.15, 0.2) is 0 Å². The van der Waals surface area contributed by atoms with Gasteiger partial charge in [0.2, 0.25) is 0 Å². The third-order valence-electron chi connectivity index (χ3n) is 4.24. The summed E-state index contributed by atoms with van der Waals surface area (Å²) in [6.45, 7) is 3.18. The minimum atomic E-state index is -0.258. The molecule has 25 heavy (non-hydrogen) atoms. The standard InChI is InChI=1S/C19H20ClN3O2/c1-22-8-10-23(11-9-22)19(25)15-5-3-7-17(13-15)21-18(24)14-4-2-6-16(20)12-14/h2-7,12-13H,8-11H2,1H3,(H,21,24). The van der Waals surface area contributed by atoms with Gasteiger partial charge in [0.05, 0.1) is 0 Å². The molecule has 1 N–H and O–H groups in total. The highest BCUT2D eigenvalue weighted by Gasteiger charge is 2.20. The summed E-state index contributed by atoms with van der Waals surface area (Å²) in [5.74, 6) is -0.265. The van der Waals surface area contributed by atoms with Gasteiger partial charge in [0.25, 0.3) is 11.8 Å². The summed E-state index contributed by atoms with van der Waals surface area (Å²) in [5, 5.41) is 3.32. The number of anilines is 1. The molecule has 0 aromatic heterocycles. The van der Waals surface area contributed by atoms with Crippen LogP contribution in [0.1, 0.15) is 20.7 Å². The Hall–Kier alpha value is -2.37. The van der Waals surface area contributed by atoms with Crippen molar-refractivity contribution in [2.24, 2.45) is 0 Å². The van der Waals surface area contributed by atoms with Crippen molar-refractivity contribution >= 4 is 29.1 Å². The summed E-state index contributed by atoms with van der Waals surface area (Å²) in [6.07, 6.45) is 0. The first-order valence-electron chi connectivity index (χ1n) is 8.18. The molecule has 2 aromatic rings. The van der Waals surface area contributed by atoms with E-state index < -0.39 is 0 Å². The zero-order valence-corrected chi connectivity index (χ0v) is 14.8. The molecule has 1 heterocycles. The lowest BCUT2D eigenvalue weighted by molar-refractivity contribution is 0.0664. The molecule has 6 heteroatoms. The number of nitrogens with one attached hydrogen (secondary N) is 1. The maximum Gasteiger partial charge on any atom is 0.255 e. The first-order chi connectivity index (χ1) is 12.0. The summed E-state index contributed by atoms with van der Waals surface area (Å²) in [5.41, 5.74) is 1.64. The van der Waals surface area contributed by atoms with E-state index in [1.807, 2.05) is 11.9 Å². The predicted octanol–water partition coefficient (Wildman–Crippen LogP) is 2.98. The van der Waals surface area contributed by atoms with Crippen LogP contribution in [0.25, 0.3) is 0 Å². The van der Waals surface area contributed by atoms with Crippen LogP contribution in [-0.2, 0) is 0 Å². The van der Waals surface area contributed by atoms with Crippen molar-refractivity contribution in [1.82, 2.24) is 9.80 Å². The lowest BCUT2D eigenvalue weighted by Gasteiger charge is -2.32. The molecule has 1 aliphatic heterocycles. The van der Waals surface area contributed by atoms with Crippen molar-refractivity contribution in [1.29, 1.82) is 0 Å². The monoisotopic (exact) mass is 357 g/mol. The van der Waals surface area contributed by atoms with Crippen molar-refractivity contribution in [3.05, 3.63) is 64.7 Å². The first-order valence-corrected chi connectivity index (χ1v) is 8.55.